The van der Waals surface area contributed by atoms with Crippen LogP contribution in [0.3, 0.4) is 0 Å². The highest BCUT2D eigenvalue weighted by Gasteiger charge is 2.21. The molecular weight excluding hydrogens is 440 g/mol. The maximum absolute atomic E-state index is 4.91. The number of nitrogens with one attached hydrogen (secondary N) is 1. The highest BCUT2D eigenvalue weighted by atomic mass is 15.2. The molecule has 6 rings (SSSR count). The topological polar surface area (TPSA) is 41.0 Å². The van der Waals surface area contributed by atoms with Gasteiger partial charge in [0.2, 0.25) is 5.95 Å². The Balaban J connectivity index is 1.15. The average Bonchev–Trinajstić information content (AvgIpc) is 2.91. The van der Waals surface area contributed by atoms with E-state index in [-0.39, 0.29) is 0 Å². The molecule has 4 aromatic rings. The summed E-state index contributed by atoms with van der Waals surface area (Å²) in [5.41, 5.74) is 10.5. The Morgan fingerprint density at radius 1 is 0.889 bits per heavy atom. The van der Waals surface area contributed by atoms with E-state index in [9.17, 15) is 0 Å². The number of hydrogen-bond donors (Lipinski definition) is 1. The van der Waals surface area contributed by atoms with Gasteiger partial charge < -0.3 is 5.32 Å². The molecule has 1 saturated heterocycles. The van der Waals surface area contributed by atoms with Crippen molar-refractivity contribution < 1.29 is 0 Å². The summed E-state index contributed by atoms with van der Waals surface area (Å²) in [5.74, 6) is 0.766. The second-order valence-electron chi connectivity index (χ2n) is 10.7. The minimum Gasteiger partial charge on any atom is -0.351 e. The summed E-state index contributed by atoms with van der Waals surface area (Å²) in [7, 11) is 0. The fraction of sp³-hybridized carbons (Fsp3) is 0.375. The number of nitrogens with zero attached hydrogens (tertiary/aromatic N) is 3. The van der Waals surface area contributed by atoms with Gasteiger partial charge in [-0.15, -0.1) is 0 Å². The molecule has 0 atom stereocenters. The maximum Gasteiger partial charge on any atom is 0.223 e. The first kappa shape index (κ1) is 23.2. The molecule has 1 aliphatic carbocycles. The number of aromatic nitrogens is 2. The van der Waals surface area contributed by atoms with Crippen molar-refractivity contribution in [1.29, 1.82) is 0 Å². The Morgan fingerprint density at radius 3 is 2.53 bits per heavy atom. The van der Waals surface area contributed by atoms with Gasteiger partial charge in [0.05, 0.1) is 11.2 Å². The maximum atomic E-state index is 4.91. The Morgan fingerprint density at radius 2 is 1.69 bits per heavy atom. The van der Waals surface area contributed by atoms with E-state index in [0.29, 0.717) is 6.04 Å². The van der Waals surface area contributed by atoms with Crippen molar-refractivity contribution in [2.45, 2.75) is 65.0 Å². The molecule has 1 aliphatic heterocycles. The molecule has 1 N–H and O–H groups in total. The summed E-state index contributed by atoms with van der Waals surface area (Å²) in [6, 6.07) is 22.9. The minimum atomic E-state index is 0.422. The van der Waals surface area contributed by atoms with Crippen LogP contribution in [0, 0.1) is 13.8 Å². The quantitative estimate of drug-likeness (QED) is 0.341. The van der Waals surface area contributed by atoms with Gasteiger partial charge in [0.25, 0.3) is 0 Å². The van der Waals surface area contributed by atoms with Crippen LogP contribution in [0.1, 0.15) is 53.6 Å². The molecule has 1 aromatic heterocycles. The summed E-state index contributed by atoms with van der Waals surface area (Å²) in [6.45, 7) is 7.49. The van der Waals surface area contributed by atoms with Crippen molar-refractivity contribution in [3.8, 4) is 11.1 Å². The summed E-state index contributed by atoms with van der Waals surface area (Å²) >= 11 is 0. The molecule has 1 fully saturated rings. The van der Waals surface area contributed by atoms with E-state index >= 15 is 0 Å². The lowest BCUT2D eigenvalue weighted by molar-refractivity contribution is 0.211. The van der Waals surface area contributed by atoms with E-state index in [1.165, 1.54) is 59.1 Å². The number of fused-ring (bicyclic) bond motifs is 2. The number of likely N-dealkylation sites (tertiary alicyclic amines) is 1. The van der Waals surface area contributed by atoms with E-state index in [4.69, 9.17) is 9.97 Å². The summed E-state index contributed by atoms with van der Waals surface area (Å²) < 4.78 is 0. The Labute approximate surface area is 214 Å². The van der Waals surface area contributed by atoms with Crippen molar-refractivity contribution in [2.75, 3.05) is 18.4 Å². The molecule has 0 spiro atoms. The van der Waals surface area contributed by atoms with Crippen LogP contribution in [0.4, 0.5) is 5.95 Å². The van der Waals surface area contributed by atoms with E-state index in [1.54, 1.807) is 0 Å². The van der Waals surface area contributed by atoms with Gasteiger partial charge in [0.1, 0.15) is 0 Å². The Hall–Kier alpha value is -3.24. The monoisotopic (exact) mass is 476 g/mol. The molecule has 2 heterocycles. The van der Waals surface area contributed by atoms with Crippen molar-refractivity contribution in [3.05, 3.63) is 88.6 Å². The smallest absolute Gasteiger partial charge is 0.223 e. The molecule has 36 heavy (non-hydrogen) atoms. The zero-order valence-corrected chi connectivity index (χ0v) is 21.6. The normalized spacial score (nSPS) is 16.7. The fourth-order valence-corrected chi connectivity index (χ4v) is 5.94. The Bertz CT molecular complexity index is 1370. The van der Waals surface area contributed by atoms with Crippen molar-refractivity contribution in [2.24, 2.45) is 0 Å². The molecule has 184 valence electrons. The third-order valence-electron chi connectivity index (χ3n) is 8.04. The van der Waals surface area contributed by atoms with Crippen molar-refractivity contribution in [3.63, 3.8) is 0 Å². The molecule has 3 aromatic carbocycles. The van der Waals surface area contributed by atoms with Gasteiger partial charge in [-0.2, -0.15) is 0 Å². The first-order valence-corrected chi connectivity index (χ1v) is 13.6. The van der Waals surface area contributed by atoms with E-state index in [1.807, 2.05) is 0 Å². The van der Waals surface area contributed by atoms with E-state index in [0.717, 1.165) is 55.0 Å². The average molecular weight is 477 g/mol. The first-order chi connectivity index (χ1) is 17.6. The molecule has 0 amide bonds. The molecule has 0 bridgehead atoms. The van der Waals surface area contributed by atoms with Gasteiger partial charge in [-0.25, -0.2) is 9.97 Å². The van der Waals surface area contributed by atoms with Crippen LogP contribution in [0.5, 0.6) is 0 Å². The van der Waals surface area contributed by atoms with Gasteiger partial charge in [-0.3, -0.25) is 4.90 Å². The largest absolute Gasteiger partial charge is 0.351 e. The summed E-state index contributed by atoms with van der Waals surface area (Å²) in [6.07, 6.45) is 7.22. The highest BCUT2D eigenvalue weighted by Crippen LogP contribution is 2.33. The highest BCUT2D eigenvalue weighted by molar-refractivity contribution is 5.87. The third kappa shape index (κ3) is 4.87. The van der Waals surface area contributed by atoms with Crippen LogP contribution in [0.15, 0.2) is 60.7 Å². The zero-order valence-electron chi connectivity index (χ0n) is 21.6. The number of aryl methyl sites for hydroxylation is 3. The number of rotatable bonds is 5. The van der Waals surface area contributed by atoms with Crippen molar-refractivity contribution >= 4 is 16.9 Å². The zero-order chi connectivity index (χ0) is 24.5. The molecule has 0 unspecified atom stereocenters. The molecular formula is C32H36N4. The predicted octanol–water partition coefficient (Wildman–Crippen LogP) is 6.87. The fourth-order valence-electron chi connectivity index (χ4n) is 5.94. The molecule has 0 saturated carbocycles. The molecule has 2 aliphatic rings. The van der Waals surface area contributed by atoms with Crippen LogP contribution in [0.2, 0.25) is 0 Å². The number of benzene rings is 3. The Kier molecular flexibility index (Phi) is 6.45. The van der Waals surface area contributed by atoms with E-state index in [2.05, 4.69) is 84.7 Å². The van der Waals surface area contributed by atoms with Crippen LogP contribution < -0.4 is 5.32 Å². The second-order valence-corrected chi connectivity index (χ2v) is 10.7. The standard InChI is InChI=1S/C32H36N4/c1-22-10-12-24(13-11-22)21-36-18-16-27(17-19-36)34-32-33-23(2)30-20-26(14-15-31(30)35-32)29-9-5-7-25-6-3-4-8-28(25)29/h5,7,9-15,20,27H,3-4,6,8,16-19,21H2,1-2H3,(H,33,34,35). The van der Waals surface area contributed by atoms with Gasteiger partial charge in [-0.05, 0) is 92.3 Å². The van der Waals surface area contributed by atoms with Gasteiger partial charge in [0.15, 0.2) is 0 Å². The third-order valence-corrected chi connectivity index (χ3v) is 8.04. The molecule has 4 heteroatoms. The predicted molar refractivity (Wildman–Crippen MR) is 149 cm³/mol. The van der Waals surface area contributed by atoms with Crippen LogP contribution in [0.25, 0.3) is 22.0 Å². The number of piperidine rings is 1. The van der Waals surface area contributed by atoms with E-state index < -0.39 is 0 Å². The number of hydrogen-bond acceptors (Lipinski definition) is 4. The van der Waals surface area contributed by atoms with Crippen LogP contribution in [-0.4, -0.2) is 34.0 Å². The molecule has 0 radical (unpaired) electrons. The number of anilines is 1. The van der Waals surface area contributed by atoms with Crippen LogP contribution in [-0.2, 0) is 19.4 Å². The second kappa shape index (κ2) is 10.0. The van der Waals surface area contributed by atoms with Crippen molar-refractivity contribution in [1.82, 2.24) is 14.9 Å². The lowest BCUT2D eigenvalue weighted by Gasteiger charge is -2.32. The summed E-state index contributed by atoms with van der Waals surface area (Å²) in [5, 5.41) is 4.80. The SMILES string of the molecule is Cc1ccc(CN2CCC(Nc3nc(C)c4cc(-c5cccc6c5CCCC6)ccc4n3)CC2)cc1. The lowest BCUT2D eigenvalue weighted by Crippen LogP contribution is -2.39. The minimum absolute atomic E-state index is 0.422. The van der Waals surface area contributed by atoms with Gasteiger partial charge >= 0.3 is 0 Å². The first-order valence-electron chi connectivity index (χ1n) is 13.6. The van der Waals surface area contributed by atoms with Gasteiger partial charge in [-0.1, -0.05) is 54.1 Å². The molecule has 4 nitrogen and oxygen atoms in total. The van der Waals surface area contributed by atoms with Crippen LogP contribution >= 0.6 is 0 Å². The van der Waals surface area contributed by atoms with Gasteiger partial charge in [0, 0.05) is 31.1 Å². The lowest BCUT2D eigenvalue weighted by atomic mass is 9.86. The summed E-state index contributed by atoms with van der Waals surface area (Å²) in [4.78, 5) is 12.3.